The lowest BCUT2D eigenvalue weighted by molar-refractivity contribution is -0.383. The second-order valence-corrected chi connectivity index (χ2v) is 4.94. The molecule has 2 aromatic rings. The van der Waals surface area contributed by atoms with Crippen LogP contribution in [0.25, 0.3) is 10.8 Å². The summed E-state index contributed by atoms with van der Waals surface area (Å²) in [7, 11) is 2.43. The fraction of sp³-hybridized carbons (Fsp3) is 0.250. The molecule has 0 amide bonds. The van der Waals surface area contributed by atoms with Crippen molar-refractivity contribution in [1.82, 2.24) is 0 Å². The minimum Gasteiger partial charge on any atom is -0.469 e. The maximum Gasteiger partial charge on any atom is 0.328 e. The van der Waals surface area contributed by atoms with Crippen LogP contribution in [0.4, 0.5) is 11.4 Å². The van der Waals surface area contributed by atoms with Crippen LogP contribution in [0.2, 0.25) is 0 Å². The van der Waals surface area contributed by atoms with E-state index in [0.717, 1.165) is 0 Å². The number of nitro groups is 1. The summed E-state index contributed by atoms with van der Waals surface area (Å²) in [5.41, 5.74) is 0.439. The summed E-state index contributed by atoms with van der Waals surface area (Å²) in [6.45, 7) is 0. The smallest absolute Gasteiger partial charge is 0.328 e. The molecule has 8 heteroatoms. The third-order valence-corrected chi connectivity index (χ3v) is 3.51. The number of rotatable bonds is 6. The molecule has 0 bridgehead atoms. The van der Waals surface area contributed by atoms with Crippen LogP contribution in [0.3, 0.4) is 0 Å². The highest BCUT2D eigenvalue weighted by Gasteiger charge is 2.24. The van der Waals surface area contributed by atoms with Crippen molar-refractivity contribution in [2.75, 3.05) is 19.5 Å². The van der Waals surface area contributed by atoms with Gasteiger partial charge in [0.05, 0.1) is 30.9 Å². The summed E-state index contributed by atoms with van der Waals surface area (Å²) < 4.78 is 9.26. The molecule has 0 aromatic heterocycles. The van der Waals surface area contributed by atoms with E-state index in [4.69, 9.17) is 0 Å². The lowest BCUT2D eigenvalue weighted by Gasteiger charge is -2.18. The van der Waals surface area contributed by atoms with Crippen molar-refractivity contribution >= 4 is 34.1 Å². The molecule has 0 heterocycles. The van der Waals surface area contributed by atoms with Crippen molar-refractivity contribution in [3.63, 3.8) is 0 Å². The first-order chi connectivity index (χ1) is 11.5. The van der Waals surface area contributed by atoms with Crippen molar-refractivity contribution in [1.29, 1.82) is 0 Å². The van der Waals surface area contributed by atoms with Gasteiger partial charge in [-0.25, -0.2) is 4.79 Å². The minimum atomic E-state index is -0.965. The van der Waals surface area contributed by atoms with E-state index in [1.54, 1.807) is 24.3 Å². The highest BCUT2D eigenvalue weighted by atomic mass is 16.6. The number of esters is 2. The van der Waals surface area contributed by atoms with Gasteiger partial charge in [-0.2, -0.15) is 0 Å². The number of fused-ring (bicyclic) bond motifs is 1. The van der Waals surface area contributed by atoms with Gasteiger partial charge in [-0.1, -0.05) is 18.2 Å². The van der Waals surface area contributed by atoms with Crippen LogP contribution in [0, 0.1) is 10.1 Å². The van der Waals surface area contributed by atoms with Gasteiger partial charge in [0, 0.05) is 17.1 Å². The Bertz CT molecular complexity index is 789. The molecular formula is C16H16N2O6. The average Bonchev–Trinajstić information content (AvgIpc) is 2.60. The molecule has 0 aliphatic rings. The second kappa shape index (κ2) is 7.40. The van der Waals surface area contributed by atoms with E-state index in [1.807, 2.05) is 0 Å². The maximum atomic E-state index is 11.9. The number of ether oxygens (including phenoxy) is 2. The fourth-order valence-electron chi connectivity index (χ4n) is 2.34. The summed E-state index contributed by atoms with van der Waals surface area (Å²) in [5, 5.41) is 15.0. The van der Waals surface area contributed by atoms with Crippen molar-refractivity contribution in [2.45, 2.75) is 12.5 Å². The number of methoxy groups -OCH3 is 2. The predicted octanol–water partition coefficient (Wildman–Crippen LogP) is 2.26. The number of hydrogen-bond donors (Lipinski definition) is 1. The molecule has 0 saturated carbocycles. The number of nitrogens with zero attached hydrogens (tertiary/aromatic N) is 1. The number of non-ortho nitro benzene ring substituents is 1. The van der Waals surface area contributed by atoms with E-state index in [9.17, 15) is 19.7 Å². The zero-order valence-corrected chi connectivity index (χ0v) is 13.1. The van der Waals surface area contributed by atoms with Gasteiger partial charge >= 0.3 is 11.9 Å². The highest BCUT2D eigenvalue weighted by molar-refractivity contribution is 6.00. The summed E-state index contributed by atoms with van der Waals surface area (Å²) in [6.07, 6.45) is -0.228. The Morgan fingerprint density at radius 1 is 1.12 bits per heavy atom. The predicted molar refractivity (Wildman–Crippen MR) is 86.7 cm³/mol. The van der Waals surface area contributed by atoms with Crippen LogP contribution in [-0.2, 0) is 19.1 Å². The molecule has 0 spiro atoms. The molecular weight excluding hydrogens is 316 g/mol. The quantitative estimate of drug-likeness (QED) is 0.491. The Balaban J connectivity index is 2.43. The number of anilines is 1. The van der Waals surface area contributed by atoms with Crippen LogP contribution in [-0.4, -0.2) is 37.1 Å². The molecule has 0 fully saturated rings. The van der Waals surface area contributed by atoms with Gasteiger partial charge in [-0.3, -0.25) is 14.9 Å². The summed E-state index contributed by atoms with van der Waals surface area (Å²) in [4.78, 5) is 34.0. The lowest BCUT2D eigenvalue weighted by atomic mass is 10.1. The Morgan fingerprint density at radius 2 is 1.79 bits per heavy atom. The number of nitrogens with one attached hydrogen (secondary N) is 1. The van der Waals surface area contributed by atoms with Gasteiger partial charge in [-0.05, 0) is 12.1 Å². The molecule has 8 nitrogen and oxygen atoms in total. The number of hydrogen-bond acceptors (Lipinski definition) is 7. The van der Waals surface area contributed by atoms with Crippen LogP contribution >= 0.6 is 0 Å². The normalized spacial score (nSPS) is 11.6. The van der Waals surface area contributed by atoms with Crippen LogP contribution in [0.15, 0.2) is 36.4 Å². The molecule has 0 aliphatic carbocycles. The zero-order chi connectivity index (χ0) is 17.7. The van der Waals surface area contributed by atoms with Gasteiger partial charge in [-0.15, -0.1) is 0 Å². The topological polar surface area (TPSA) is 108 Å². The Labute approximate surface area is 137 Å². The lowest BCUT2D eigenvalue weighted by Crippen LogP contribution is -2.33. The molecule has 1 atom stereocenters. The summed E-state index contributed by atoms with van der Waals surface area (Å²) in [5.74, 6) is -1.22. The van der Waals surface area contributed by atoms with Gasteiger partial charge in [0.15, 0.2) is 0 Å². The first kappa shape index (κ1) is 17.2. The minimum absolute atomic E-state index is 0.0428. The highest BCUT2D eigenvalue weighted by Crippen LogP contribution is 2.31. The van der Waals surface area contributed by atoms with Crippen molar-refractivity contribution in [3.8, 4) is 0 Å². The van der Waals surface area contributed by atoms with E-state index in [-0.39, 0.29) is 12.1 Å². The molecule has 2 rings (SSSR count). The van der Waals surface area contributed by atoms with Gasteiger partial charge < -0.3 is 14.8 Å². The van der Waals surface area contributed by atoms with E-state index in [1.165, 1.54) is 26.4 Å². The Hall–Kier alpha value is -3.16. The zero-order valence-electron chi connectivity index (χ0n) is 13.1. The molecule has 0 unspecified atom stereocenters. The number of benzene rings is 2. The van der Waals surface area contributed by atoms with Crippen molar-refractivity contribution < 1.29 is 24.0 Å². The molecule has 24 heavy (non-hydrogen) atoms. The SMILES string of the molecule is COC(=O)C[C@H](Nc1ccc([N+](=O)[O-])c2ccccc12)C(=O)OC. The fourth-order valence-corrected chi connectivity index (χ4v) is 2.34. The Morgan fingerprint density at radius 3 is 2.38 bits per heavy atom. The molecule has 2 aromatic carbocycles. The van der Waals surface area contributed by atoms with Crippen LogP contribution < -0.4 is 5.32 Å². The third kappa shape index (κ3) is 3.60. The Kier molecular flexibility index (Phi) is 5.31. The number of carbonyl (C=O) groups excluding carboxylic acids is 2. The molecule has 126 valence electrons. The van der Waals surface area contributed by atoms with Gasteiger partial charge in [0.1, 0.15) is 6.04 Å². The summed E-state index contributed by atoms with van der Waals surface area (Å²) >= 11 is 0. The van der Waals surface area contributed by atoms with Crippen molar-refractivity contribution in [2.24, 2.45) is 0 Å². The second-order valence-electron chi connectivity index (χ2n) is 4.94. The molecule has 1 N–H and O–H groups in total. The molecule has 0 radical (unpaired) electrons. The van der Waals surface area contributed by atoms with E-state index < -0.39 is 22.9 Å². The van der Waals surface area contributed by atoms with E-state index in [0.29, 0.717) is 16.5 Å². The van der Waals surface area contributed by atoms with E-state index in [2.05, 4.69) is 14.8 Å². The van der Waals surface area contributed by atoms with Gasteiger partial charge in [0.2, 0.25) is 0 Å². The third-order valence-electron chi connectivity index (χ3n) is 3.51. The van der Waals surface area contributed by atoms with Crippen LogP contribution in [0.5, 0.6) is 0 Å². The summed E-state index contributed by atoms with van der Waals surface area (Å²) in [6, 6.07) is 8.59. The maximum absolute atomic E-state index is 11.9. The first-order valence-corrected chi connectivity index (χ1v) is 7.05. The van der Waals surface area contributed by atoms with Gasteiger partial charge in [0.25, 0.3) is 5.69 Å². The monoisotopic (exact) mass is 332 g/mol. The first-order valence-electron chi connectivity index (χ1n) is 7.05. The van der Waals surface area contributed by atoms with E-state index >= 15 is 0 Å². The largest absolute Gasteiger partial charge is 0.469 e. The average molecular weight is 332 g/mol. The number of nitro benzene ring substituents is 1. The molecule has 0 aliphatic heterocycles. The van der Waals surface area contributed by atoms with Crippen LogP contribution in [0.1, 0.15) is 6.42 Å². The van der Waals surface area contributed by atoms with Crippen molar-refractivity contribution in [3.05, 3.63) is 46.5 Å². The molecule has 0 saturated heterocycles. The number of carbonyl (C=O) groups is 2. The standard InChI is InChI=1S/C16H16N2O6/c1-23-15(19)9-13(16(20)24-2)17-12-7-8-14(18(21)22)11-6-4-3-5-10(11)12/h3-8,13,17H,9H2,1-2H3/t13-/m0/s1.